The van der Waals surface area contributed by atoms with Crippen molar-refractivity contribution < 1.29 is 4.79 Å². The van der Waals surface area contributed by atoms with E-state index >= 15 is 0 Å². The van der Waals surface area contributed by atoms with Crippen molar-refractivity contribution in [2.45, 2.75) is 52.0 Å². The first-order chi connectivity index (χ1) is 13.9. The second-order valence-corrected chi connectivity index (χ2v) is 9.26. The first kappa shape index (κ1) is 20.4. The third kappa shape index (κ3) is 3.68. The van der Waals surface area contributed by atoms with Gasteiger partial charge in [-0.15, -0.1) is 0 Å². The van der Waals surface area contributed by atoms with Gasteiger partial charge < -0.3 is 9.47 Å². The second-order valence-electron chi connectivity index (χ2n) is 7.98. The van der Waals surface area contributed by atoms with E-state index in [0.29, 0.717) is 10.8 Å². The molecule has 1 amide bonds. The summed E-state index contributed by atoms with van der Waals surface area (Å²) in [6, 6.07) is 10.6. The molecule has 152 valence electrons. The minimum Gasteiger partial charge on any atom is -0.318 e. The standard InChI is InChI=1S/C23H26BrN3OS/c1-15-13-17(16(2)26(15)20-11-9-18(24)10-12-20)14-21-22(28)27(23(29)25(21)3)19-7-5-4-6-8-19/h9-14,19H,4-8H2,1-3H3. The van der Waals surface area contributed by atoms with Crippen LogP contribution in [0.5, 0.6) is 0 Å². The molecular formula is C23H26BrN3OS. The fourth-order valence-electron chi connectivity index (χ4n) is 4.51. The van der Waals surface area contributed by atoms with E-state index in [1.54, 1.807) is 0 Å². The highest BCUT2D eigenvalue weighted by atomic mass is 79.9. The van der Waals surface area contributed by atoms with Crippen LogP contribution in [0.1, 0.15) is 49.1 Å². The summed E-state index contributed by atoms with van der Waals surface area (Å²) in [5.74, 6) is 0.0397. The van der Waals surface area contributed by atoms with Crippen molar-refractivity contribution in [3.05, 3.63) is 57.5 Å². The highest BCUT2D eigenvalue weighted by Gasteiger charge is 2.40. The van der Waals surface area contributed by atoms with Gasteiger partial charge in [-0.3, -0.25) is 9.69 Å². The predicted molar refractivity (Wildman–Crippen MR) is 125 cm³/mol. The molecule has 0 N–H and O–H groups in total. The Morgan fingerprint density at radius 2 is 1.76 bits per heavy atom. The Morgan fingerprint density at radius 1 is 1.10 bits per heavy atom. The zero-order valence-electron chi connectivity index (χ0n) is 17.1. The summed E-state index contributed by atoms with van der Waals surface area (Å²) < 4.78 is 3.27. The Bertz CT molecular complexity index is 986. The Morgan fingerprint density at radius 3 is 2.41 bits per heavy atom. The van der Waals surface area contributed by atoms with E-state index < -0.39 is 0 Å². The maximum Gasteiger partial charge on any atom is 0.277 e. The molecule has 1 aliphatic heterocycles. The van der Waals surface area contributed by atoms with Gasteiger partial charge in [-0.2, -0.15) is 0 Å². The van der Waals surface area contributed by atoms with Crippen LogP contribution in [0.4, 0.5) is 0 Å². The minimum absolute atomic E-state index is 0.0397. The predicted octanol–water partition coefficient (Wildman–Crippen LogP) is 5.59. The highest BCUT2D eigenvalue weighted by molar-refractivity contribution is 9.10. The molecule has 4 nitrogen and oxygen atoms in total. The quantitative estimate of drug-likeness (QED) is 0.431. The average Bonchev–Trinajstić information content (AvgIpc) is 3.11. The maximum atomic E-state index is 13.3. The van der Waals surface area contributed by atoms with Gasteiger partial charge in [0.25, 0.3) is 5.91 Å². The number of amides is 1. The number of nitrogens with zero attached hydrogens (tertiary/aromatic N) is 3. The molecule has 1 aromatic heterocycles. The lowest BCUT2D eigenvalue weighted by molar-refractivity contribution is -0.124. The van der Waals surface area contributed by atoms with Crippen LogP contribution in [0, 0.1) is 13.8 Å². The molecule has 0 unspecified atom stereocenters. The van der Waals surface area contributed by atoms with Crippen molar-refractivity contribution in [1.82, 2.24) is 14.4 Å². The third-order valence-corrected chi connectivity index (χ3v) is 7.08. The molecule has 6 heteroatoms. The summed E-state index contributed by atoms with van der Waals surface area (Å²) in [5, 5.41) is 0.634. The number of hydrogen-bond donors (Lipinski definition) is 0. The third-order valence-electron chi connectivity index (χ3n) is 6.08. The van der Waals surface area contributed by atoms with Gasteiger partial charge in [0.2, 0.25) is 0 Å². The molecule has 4 rings (SSSR count). The zero-order chi connectivity index (χ0) is 20.7. The van der Waals surface area contributed by atoms with Gasteiger partial charge in [-0.1, -0.05) is 35.2 Å². The van der Waals surface area contributed by atoms with Gasteiger partial charge in [0.1, 0.15) is 5.70 Å². The van der Waals surface area contributed by atoms with Crippen LogP contribution in [0.3, 0.4) is 0 Å². The largest absolute Gasteiger partial charge is 0.318 e. The molecular weight excluding hydrogens is 446 g/mol. The number of aryl methyl sites for hydroxylation is 1. The molecule has 2 heterocycles. The Balaban J connectivity index is 1.69. The smallest absolute Gasteiger partial charge is 0.277 e. The molecule has 0 radical (unpaired) electrons. The van der Waals surface area contributed by atoms with Gasteiger partial charge in [0.15, 0.2) is 5.11 Å². The zero-order valence-corrected chi connectivity index (χ0v) is 19.5. The van der Waals surface area contributed by atoms with Crippen molar-refractivity contribution in [2.24, 2.45) is 0 Å². The molecule has 1 saturated carbocycles. The molecule has 2 aliphatic rings. The van der Waals surface area contributed by atoms with Crippen LogP contribution in [0.25, 0.3) is 11.8 Å². The SMILES string of the molecule is Cc1cc(C=C2C(=O)N(C3CCCCC3)C(=S)N2C)c(C)n1-c1ccc(Br)cc1. The number of benzene rings is 1. The van der Waals surface area contributed by atoms with Crippen molar-refractivity contribution in [1.29, 1.82) is 0 Å². The van der Waals surface area contributed by atoms with E-state index in [1.807, 2.05) is 35.1 Å². The summed E-state index contributed by atoms with van der Waals surface area (Å²) in [6.45, 7) is 4.19. The van der Waals surface area contributed by atoms with Gasteiger partial charge in [-0.05, 0) is 80.9 Å². The first-order valence-electron chi connectivity index (χ1n) is 10.2. The number of hydrogen-bond acceptors (Lipinski definition) is 2. The number of carbonyl (C=O) groups is 1. The molecule has 2 aromatic rings. The van der Waals surface area contributed by atoms with E-state index in [-0.39, 0.29) is 11.9 Å². The number of halogens is 1. The lowest BCUT2D eigenvalue weighted by atomic mass is 9.94. The van der Waals surface area contributed by atoms with E-state index in [0.717, 1.165) is 40.0 Å². The molecule has 29 heavy (non-hydrogen) atoms. The summed E-state index contributed by atoms with van der Waals surface area (Å²) in [5.41, 5.74) is 5.07. The minimum atomic E-state index is 0.0397. The maximum absolute atomic E-state index is 13.3. The molecule has 0 bridgehead atoms. The van der Waals surface area contributed by atoms with Crippen LogP contribution in [0.2, 0.25) is 0 Å². The summed E-state index contributed by atoms with van der Waals surface area (Å²) >= 11 is 9.14. The summed E-state index contributed by atoms with van der Waals surface area (Å²) in [7, 11) is 1.91. The van der Waals surface area contributed by atoms with Gasteiger partial charge in [0.05, 0.1) is 0 Å². The van der Waals surface area contributed by atoms with Crippen LogP contribution in [-0.2, 0) is 4.79 Å². The number of rotatable bonds is 3. The highest BCUT2D eigenvalue weighted by Crippen LogP contribution is 2.32. The number of likely N-dealkylation sites (N-methyl/N-ethyl adjacent to an activating group) is 1. The lowest BCUT2D eigenvalue weighted by Crippen LogP contribution is -2.41. The van der Waals surface area contributed by atoms with Crippen LogP contribution in [-0.4, -0.2) is 38.5 Å². The normalized spacial score (nSPS) is 19.7. The molecule has 2 fully saturated rings. The molecule has 0 atom stereocenters. The van der Waals surface area contributed by atoms with E-state index in [2.05, 4.69) is 52.5 Å². The fourth-order valence-corrected chi connectivity index (χ4v) is 5.10. The summed E-state index contributed by atoms with van der Waals surface area (Å²) in [6.07, 6.45) is 7.69. The topological polar surface area (TPSA) is 28.5 Å². The van der Waals surface area contributed by atoms with Crippen LogP contribution in [0.15, 0.2) is 40.5 Å². The van der Waals surface area contributed by atoms with Crippen molar-refractivity contribution >= 4 is 45.2 Å². The van der Waals surface area contributed by atoms with Crippen LogP contribution >= 0.6 is 28.1 Å². The van der Waals surface area contributed by atoms with Gasteiger partial charge in [-0.25, -0.2) is 0 Å². The fraction of sp³-hybridized carbons (Fsp3) is 0.391. The number of thiocarbonyl (C=S) groups is 1. The monoisotopic (exact) mass is 471 g/mol. The van der Waals surface area contributed by atoms with E-state index in [9.17, 15) is 4.79 Å². The second kappa shape index (κ2) is 8.07. The number of aromatic nitrogens is 1. The lowest BCUT2D eigenvalue weighted by Gasteiger charge is -2.30. The molecule has 1 aliphatic carbocycles. The van der Waals surface area contributed by atoms with Crippen molar-refractivity contribution in [2.75, 3.05) is 7.05 Å². The Hall–Kier alpha value is -1.92. The van der Waals surface area contributed by atoms with Crippen molar-refractivity contribution in [3.8, 4) is 5.69 Å². The number of carbonyl (C=O) groups excluding carboxylic acids is 1. The molecule has 1 aromatic carbocycles. The molecule has 1 saturated heterocycles. The van der Waals surface area contributed by atoms with Gasteiger partial charge >= 0.3 is 0 Å². The van der Waals surface area contributed by atoms with Crippen molar-refractivity contribution in [3.63, 3.8) is 0 Å². The summed E-state index contributed by atoms with van der Waals surface area (Å²) in [4.78, 5) is 17.0. The van der Waals surface area contributed by atoms with Gasteiger partial charge in [0, 0.05) is 34.6 Å². The average molecular weight is 472 g/mol. The van der Waals surface area contributed by atoms with E-state index in [1.165, 1.54) is 19.3 Å². The molecule has 0 spiro atoms. The first-order valence-corrected chi connectivity index (χ1v) is 11.4. The Labute approximate surface area is 186 Å². The Kier molecular flexibility index (Phi) is 5.67. The van der Waals surface area contributed by atoms with E-state index in [4.69, 9.17) is 12.2 Å². The van der Waals surface area contributed by atoms with Crippen LogP contribution < -0.4 is 0 Å².